The van der Waals surface area contributed by atoms with Crippen molar-refractivity contribution in [2.75, 3.05) is 5.88 Å². The van der Waals surface area contributed by atoms with Crippen LogP contribution in [0.5, 0.6) is 0 Å². The molecule has 0 bridgehead atoms. The number of aromatic nitrogens is 5. The molecule has 0 unspecified atom stereocenters. The molecule has 0 saturated carbocycles. The maximum Gasteiger partial charge on any atom is 0.152 e. The Kier molecular flexibility index (Phi) is 3.59. The number of hydrogen-bond acceptors (Lipinski definition) is 4. The van der Waals surface area contributed by atoms with Crippen LogP contribution in [0.2, 0.25) is 0 Å². The molecule has 0 spiro atoms. The monoisotopic (exact) mass is 300 g/mol. The summed E-state index contributed by atoms with van der Waals surface area (Å²) in [4.78, 5) is 4.60. The molecule has 0 radical (unpaired) electrons. The van der Waals surface area contributed by atoms with E-state index in [0.29, 0.717) is 24.4 Å². The van der Waals surface area contributed by atoms with Gasteiger partial charge in [-0.15, -0.1) is 21.8 Å². The molecule has 106 valence electrons. The highest BCUT2D eigenvalue weighted by atomic mass is 35.5. The molecule has 2 aromatic heterocycles. The lowest BCUT2D eigenvalue weighted by Crippen LogP contribution is -2.10. The molecular weight excluding hydrogens is 288 g/mol. The zero-order valence-electron chi connectivity index (χ0n) is 11.5. The normalized spacial score (nSPS) is 10.9. The molecule has 0 N–H and O–H groups in total. The van der Waals surface area contributed by atoms with Crippen LogP contribution in [-0.4, -0.2) is 30.2 Å². The van der Waals surface area contributed by atoms with Gasteiger partial charge in [0.15, 0.2) is 5.82 Å². The maximum atomic E-state index is 9.07. The van der Waals surface area contributed by atoms with E-state index in [1.54, 1.807) is 12.4 Å². The summed E-state index contributed by atoms with van der Waals surface area (Å²) < 4.78 is 3.91. The van der Waals surface area contributed by atoms with Crippen LogP contribution >= 0.6 is 11.6 Å². The largest absolute Gasteiger partial charge is 0.320 e. The first-order valence-corrected chi connectivity index (χ1v) is 7.04. The van der Waals surface area contributed by atoms with Crippen molar-refractivity contribution in [1.29, 1.82) is 5.26 Å². The van der Waals surface area contributed by atoms with E-state index in [4.69, 9.17) is 16.9 Å². The third kappa shape index (κ3) is 2.48. The Labute approximate surface area is 126 Å². The number of halogens is 1. The highest BCUT2D eigenvalue weighted by Crippen LogP contribution is 2.19. The summed E-state index contributed by atoms with van der Waals surface area (Å²) >= 11 is 5.87. The summed E-state index contributed by atoms with van der Waals surface area (Å²) in [6.07, 6.45) is 2.33. The Hall–Kier alpha value is -2.39. The quantitative estimate of drug-likeness (QED) is 0.690. The number of imidazole rings is 1. The minimum absolute atomic E-state index is 0.493. The SMILES string of the molecule is Cn1cnnc1Cn1c(CCCl)nc2ccc(C#N)cc21. The fourth-order valence-corrected chi connectivity index (χ4v) is 2.45. The highest BCUT2D eigenvalue weighted by molar-refractivity contribution is 6.17. The minimum atomic E-state index is 0.493. The molecule has 7 heteroatoms. The van der Waals surface area contributed by atoms with E-state index in [2.05, 4.69) is 21.3 Å². The van der Waals surface area contributed by atoms with Crippen molar-refractivity contribution >= 4 is 22.6 Å². The standard InChI is InChI=1S/C14H13ClN6/c1-20-9-17-19-14(20)8-21-12-6-10(7-16)2-3-11(12)18-13(21)4-5-15/h2-3,6,9H,4-5,8H2,1H3. The average Bonchev–Trinajstić information content (AvgIpc) is 3.04. The summed E-state index contributed by atoms with van der Waals surface area (Å²) in [5, 5.41) is 17.1. The van der Waals surface area contributed by atoms with Gasteiger partial charge in [0.25, 0.3) is 0 Å². The summed E-state index contributed by atoms with van der Waals surface area (Å²) in [5.41, 5.74) is 2.38. The van der Waals surface area contributed by atoms with Crippen LogP contribution in [0, 0.1) is 11.3 Å². The number of aryl methyl sites for hydroxylation is 2. The average molecular weight is 301 g/mol. The van der Waals surface area contributed by atoms with Crippen molar-refractivity contribution in [3.8, 4) is 6.07 Å². The molecule has 0 aliphatic carbocycles. The minimum Gasteiger partial charge on any atom is -0.320 e. The Balaban J connectivity index is 2.14. The number of alkyl halides is 1. The van der Waals surface area contributed by atoms with E-state index in [9.17, 15) is 0 Å². The summed E-state index contributed by atoms with van der Waals surface area (Å²) in [6.45, 7) is 0.550. The second-order valence-corrected chi connectivity index (χ2v) is 5.10. The van der Waals surface area contributed by atoms with Gasteiger partial charge in [-0.3, -0.25) is 0 Å². The van der Waals surface area contributed by atoms with Gasteiger partial charge in [-0.2, -0.15) is 5.26 Å². The molecule has 0 fully saturated rings. The first-order valence-electron chi connectivity index (χ1n) is 6.51. The van der Waals surface area contributed by atoms with Crippen LogP contribution in [0.4, 0.5) is 0 Å². The first-order chi connectivity index (χ1) is 10.2. The number of fused-ring (bicyclic) bond motifs is 1. The van der Waals surface area contributed by atoms with Crippen molar-refractivity contribution in [3.63, 3.8) is 0 Å². The lowest BCUT2D eigenvalue weighted by Gasteiger charge is -2.08. The van der Waals surface area contributed by atoms with Crippen LogP contribution in [-0.2, 0) is 20.0 Å². The van der Waals surface area contributed by atoms with E-state index in [-0.39, 0.29) is 0 Å². The number of hydrogen-bond donors (Lipinski definition) is 0. The van der Waals surface area contributed by atoms with E-state index < -0.39 is 0 Å². The molecule has 6 nitrogen and oxygen atoms in total. The van der Waals surface area contributed by atoms with E-state index in [0.717, 1.165) is 22.7 Å². The Morgan fingerprint density at radius 1 is 1.33 bits per heavy atom. The summed E-state index contributed by atoms with van der Waals surface area (Å²) in [7, 11) is 1.90. The molecule has 2 heterocycles. The Bertz CT molecular complexity index is 826. The third-order valence-corrected chi connectivity index (χ3v) is 3.57. The molecule has 0 amide bonds. The smallest absolute Gasteiger partial charge is 0.152 e. The number of rotatable bonds is 4. The molecule has 1 aromatic carbocycles. The molecular formula is C14H13ClN6. The van der Waals surface area contributed by atoms with E-state index in [1.165, 1.54) is 0 Å². The lowest BCUT2D eigenvalue weighted by molar-refractivity contribution is 0.680. The van der Waals surface area contributed by atoms with Gasteiger partial charge < -0.3 is 9.13 Å². The van der Waals surface area contributed by atoms with Crippen LogP contribution in [0.25, 0.3) is 11.0 Å². The van der Waals surface area contributed by atoms with Crippen molar-refractivity contribution in [2.45, 2.75) is 13.0 Å². The van der Waals surface area contributed by atoms with Gasteiger partial charge in [-0.25, -0.2) is 4.98 Å². The van der Waals surface area contributed by atoms with Crippen molar-refractivity contribution < 1.29 is 0 Å². The topological polar surface area (TPSA) is 72.3 Å². The predicted octanol–water partition coefficient (Wildman–Crippen LogP) is 1.87. The summed E-state index contributed by atoms with van der Waals surface area (Å²) in [5.74, 6) is 2.21. The molecule has 0 atom stereocenters. The van der Waals surface area contributed by atoms with Crippen molar-refractivity contribution in [2.24, 2.45) is 7.05 Å². The second-order valence-electron chi connectivity index (χ2n) is 4.73. The van der Waals surface area contributed by atoms with Gasteiger partial charge >= 0.3 is 0 Å². The first kappa shape index (κ1) is 13.6. The number of nitriles is 1. The van der Waals surface area contributed by atoms with Gasteiger partial charge in [-0.05, 0) is 18.2 Å². The van der Waals surface area contributed by atoms with Crippen LogP contribution in [0.1, 0.15) is 17.2 Å². The van der Waals surface area contributed by atoms with Crippen molar-refractivity contribution in [1.82, 2.24) is 24.3 Å². The summed E-state index contributed by atoms with van der Waals surface area (Å²) in [6, 6.07) is 7.63. The maximum absolute atomic E-state index is 9.07. The number of nitrogens with zero attached hydrogens (tertiary/aromatic N) is 6. The van der Waals surface area contributed by atoms with Crippen molar-refractivity contribution in [3.05, 3.63) is 41.7 Å². The molecule has 21 heavy (non-hydrogen) atoms. The highest BCUT2D eigenvalue weighted by Gasteiger charge is 2.13. The second kappa shape index (κ2) is 5.54. The lowest BCUT2D eigenvalue weighted by atomic mass is 10.2. The molecule has 0 aliphatic heterocycles. The Morgan fingerprint density at radius 3 is 2.86 bits per heavy atom. The zero-order chi connectivity index (χ0) is 14.8. The fourth-order valence-electron chi connectivity index (χ4n) is 2.29. The van der Waals surface area contributed by atoms with Gasteiger partial charge in [0, 0.05) is 19.3 Å². The van der Waals surface area contributed by atoms with Gasteiger partial charge in [0.05, 0.1) is 29.2 Å². The van der Waals surface area contributed by atoms with Gasteiger partial charge in [0.2, 0.25) is 0 Å². The number of benzene rings is 1. The molecule has 0 saturated heterocycles. The third-order valence-electron chi connectivity index (χ3n) is 3.38. The predicted molar refractivity (Wildman–Crippen MR) is 79.0 cm³/mol. The molecule has 0 aliphatic rings. The van der Waals surface area contributed by atoms with Gasteiger partial charge in [-0.1, -0.05) is 0 Å². The zero-order valence-corrected chi connectivity index (χ0v) is 12.2. The van der Waals surface area contributed by atoms with Crippen LogP contribution in [0.3, 0.4) is 0 Å². The molecule has 3 rings (SSSR count). The van der Waals surface area contributed by atoms with Gasteiger partial charge in [0.1, 0.15) is 12.2 Å². The van der Waals surface area contributed by atoms with Crippen LogP contribution < -0.4 is 0 Å². The molecule has 3 aromatic rings. The van der Waals surface area contributed by atoms with Crippen LogP contribution in [0.15, 0.2) is 24.5 Å². The van der Waals surface area contributed by atoms with E-state index >= 15 is 0 Å². The fraction of sp³-hybridized carbons (Fsp3) is 0.286. The Morgan fingerprint density at radius 2 is 2.19 bits per heavy atom. The van der Waals surface area contributed by atoms with E-state index in [1.807, 2.05) is 28.3 Å².